The normalized spacial score (nSPS) is 11.8. The van der Waals surface area contributed by atoms with Gasteiger partial charge in [-0.25, -0.2) is 8.42 Å². The first kappa shape index (κ1) is 22.1. The van der Waals surface area contributed by atoms with Crippen LogP contribution in [-0.2, 0) is 25.7 Å². The summed E-state index contributed by atoms with van der Waals surface area (Å²) in [5.74, 6) is -1.03. The summed E-state index contributed by atoms with van der Waals surface area (Å²) in [4.78, 5) is 21.4. The number of hydrogen-bond donors (Lipinski definition) is 0. The van der Waals surface area contributed by atoms with Gasteiger partial charge in [0.05, 0.1) is 28.2 Å². The van der Waals surface area contributed by atoms with Gasteiger partial charge in [-0.1, -0.05) is 12.1 Å². The molecular weight excluding hydrogens is 417 g/mol. The van der Waals surface area contributed by atoms with Crippen LogP contribution in [0.2, 0.25) is 0 Å². The standard InChI is InChI=1S/C17H15F3N2O6S/c1-11-6-7-14(22(24)25)9-15(11)29(26,27)21(10-16(23)28-2)13-5-3-4-12(8-13)17(18,19)20/h3-9H,10H2,1-2H3. The zero-order chi connectivity index (χ0) is 22.0. The van der Waals surface area contributed by atoms with Crippen molar-refractivity contribution >= 4 is 27.4 Å². The molecule has 2 aromatic rings. The number of carbonyl (C=O) groups excluding carboxylic acids is 1. The molecule has 29 heavy (non-hydrogen) atoms. The molecule has 0 amide bonds. The van der Waals surface area contributed by atoms with Crippen molar-refractivity contribution in [2.45, 2.75) is 18.0 Å². The molecule has 0 bridgehead atoms. The summed E-state index contributed by atoms with van der Waals surface area (Å²) >= 11 is 0. The highest BCUT2D eigenvalue weighted by atomic mass is 32.2. The highest BCUT2D eigenvalue weighted by molar-refractivity contribution is 7.93. The van der Waals surface area contributed by atoms with Crippen LogP contribution in [-0.4, -0.2) is 33.0 Å². The van der Waals surface area contributed by atoms with E-state index in [-0.39, 0.29) is 5.56 Å². The van der Waals surface area contributed by atoms with Crippen LogP contribution in [0.5, 0.6) is 0 Å². The van der Waals surface area contributed by atoms with E-state index < -0.39 is 55.5 Å². The molecule has 2 rings (SSSR count). The van der Waals surface area contributed by atoms with Crippen LogP contribution in [0.3, 0.4) is 0 Å². The molecule has 0 saturated heterocycles. The number of aryl methyl sites for hydroxylation is 1. The summed E-state index contributed by atoms with van der Waals surface area (Å²) in [6, 6.07) is 6.41. The molecule has 0 radical (unpaired) electrons. The second-order valence-electron chi connectivity index (χ2n) is 5.84. The van der Waals surface area contributed by atoms with Gasteiger partial charge in [0.2, 0.25) is 0 Å². The first-order valence-corrected chi connectivity index (χ1v) is 9.34. The zero-order valence-electron chi connectivity index (χ0n) is 15.1. The van der Waals surface area contributed by atoms with Crippen LogP contribution in [0.4, 0.5) is 24.5 Å². The Morgan fingerprint density at radius 2 is 1.86 bits per heavy atom. The SMILES string of the molecule is COC(=O)CN(c1cccc(C(F)(F)F)c1)S(=O)(=O)c1cc([N+](=O)[O-])ccc1C. The summed E-state index contributed by atoms with van der Waals surface area (Å²) < 4.78 is 70.3. The molecule has 2 aromatic carbocycles. The third-order valence-corrected chi connectivity index (χ3v) is 5.83. The molecular formula is C17H15F3N2O6S. The summed E-state index contributed by atoms with van der Waals surface area (Å²) in [6.45, 7) is 0.432. The Balaban J connectivity index is 2.69. The molecule has 0 atom stereocenters. The lowest BCUT2D eigenvalue weighted by molar-refractivity contribution is -0.385. The van der Waals surface area contributed by atoms with E-state index in [1.807, 2.05) is 0 Å². The largest absolute Gasteiger partial charge is 0.468 e. The van der Waals surface area contributed by atoms with Crippen molar-refractivity contribution in [2.24, 2.45) is 0 Å². The van der Waals surface area contributed by atoms with Crippen LogP contribution in [0.1, 0.15) is 11.1 Å². The molecule has 0 aliphatic heterocycles. The lowest BCUT2D eigenvalue weighted by atomic mass is 10.2. The first-order valence-electron chi connectivity index (χ1n) is 7.90. The van der Waals surface area contributed by atoms with Gasteiger partial charge < -0.3 is 4.74 Å². The second-order valence-corrected chi connectivity index (χ2v) is 7.67. The summed E-state index contributed by atoms with van der Waals surface area (Å²) in [5.41, 5.74) is -2.00. The molecule has 0 saturated carbocycles. The maximum Gasteiger partial charge on any atom is 0.416 e. The number of hydrogen-bond acceptors (Lipinski definition) is 6. The van der Waals surface area contributed by atoms with Gasteiger partial charge in [-0.05, 0) is 30.7 Å². The van der Waals surface area contributed by atoms with Crippen LogP contribution >= 0.6 is 0 Å². The number of carbonyl (C=O) groups is 1. The second kappa shape index (κ2) is 8.07. The number of benzene rings is 2. The molecule has 0 N–H and O–H groups in total. The third kappa shape index (κ3) is 4.83. The molecule has 0 aromatic heterocycles. The number of methoxy groups -OCH3 is 1. The van der Waals surface area contributed by atoms with Crippen LogP contribution in [0.25, 0.3) is 0 Å². The topological polar surface area (TPSA) is 107 Å². The number of non-ortho nitro benzene ring substituents is 1. The van der Waals surface area contributed by atoms with Gasteiger partial charge in [0.1, 0.15) is 6.54 Å². The minimum Gasteiger partial charge on any atom is -0.468 e. The minimum atomic E-state index is -4.75. The average molecular weight is 432 g/mol. The number of ether oxygens (including phenoxy) is 1. The summed E-state index contributed by atoms with van der Waals surface area (Å²) in [5, 5.41) is 11.0. The number of nitro groups is 1. The molecule has 0 aliphatic rings. The van der Waals surface area contributed by atoms with Crippen molar-refractivity contribution in [3.05, 3.63) is 63.7 Å². The lowest BCUT2D eigenvalue weighted by Crippen LogP contribution is -2.36. The summed E-state index contributed by atoms with van der Waals surface area (Å²) in [6.07, 6.45) is -4.75. The van der Waals surface area contributed by atoms with Gasteiger partial charge in [0.15, 0.2) is 0 Å². The predicted molar refractivity (Wildman–Crippen MR) is 95.8 cm³/mol. The average Bonchev–Trinajstić information content (AvgIpc) is 2.65. The Kier molecular flexibility index (Phi) is 6.16. The number of anilines is 1. The van der Waals surface area contributed by atoms with E-state index in [1.165, 1.54) is 13.0 Å². The maximum absolute atomic E-state index is 13.2. The van der Waals surface area contributed by atoms with Gasteiger partial charge in [0.25, 0.3) is 15.7 Å². The summed E-state index contributed by atoms with van der Waals surface area (Å²) in [7, 11) is -3.66. The number of nitro benzene ring substituents is 1. The van der Waals surface area contributed by atoms with Gasteiger partial charge in [0, 0.05) is 12.1 Å². The molecule has 12 heteroatoms. The van der Waals surface area contributed by atoms with Gasteiger partial charge in [-0.15, -0.1) is 0 Å². The Hall–Kier alpha value is -3.15. The fraction of sp³-hybridized carbons (Fsp3) is 0.235. The fourth-order valence-corrected chi connectivity index (χ4v) is 4.08. The Bertz CT molecular complexity index is 1050. The smallest absolute Gasteiger partial charge is 0.416 e. The van der Waals surface area contributed by atoms with Crippen LogP contribution in [0.15, 0.2) is 47.4 Å². The van der Waals surface area contributed by atoms with Crippen LogP contribution in [0, 0.1) is 17.0 Å². The molecule has 156 valence electrons. The first-order chi connectivity index (χ1) is 13.4. The van der Waals surface area contributed by atoms with E-state index in [0.29, 0.717) is 10.4 Å². The minimum absolute atomic E-state index is 0.109. The molecule has 0 heterocycles. The van der Waals surface area contributed by atoms with Crippen molar-refractivity contribution in [1.82, 2.24) is 0 Å². The number of alkyl halides is 3. The quantitative estimate of drug-likeness (QED) is 0.394. The van der Waals surface area contributed by atoms with Crippen molar-refractivity contribution < 1.29 is 36.0 Å². The van der Waals surface area contributed by atoms with Crippen molar-refractivity contribution in [3.8, 4) is 0 Å². The van der Waals surface area contributed by atoms with E-state index in [4.69, 9.17) is 0 Å². The van der Waals surface area contributed by atoms with Gasteiger partial charge in [-0.3, -0.25) is 19.2 Å². The lowest BCUT2D eigenvalue weighted by Gasteiger charge is -2.24. The van der Waals surface area contributed by atoms with E-state index >= 15 is 0 Å². The number of nitrogens with zero attached hydrogens (tertiary/aromatic N) is 2. The van der Waals surface area contributed by atoms with Crippen molar-refractivity contribution in [1.29, 1.82) is 0 Å². The fourth-order valence-electron chi connectivity index (χ4n) is 2.43. The molecule has 8 nitrogen and oxygen atoms in total. The molecule has 0 fully saturated rings. The van der Waals surface area contributed by atoms with E-state index in [0.717, 1.165) is 37.4 Å². The van der Waals surface area contributed by atoms with E-state index in [9.17, 15) is 36.5 Å². The Morgan fingerprint density at radius 3 is 2.41 bits per heavy atom. The molecule has 0 unspecified atom stereocenters. The van der Waals surface area contributed by atoms with E-state index in [2.05, 4.69) is 4.74 Å². The predicted octanol–water partition coefficient (Wildman–Crippen LogP) is 3.29. The van der Waals surface area contributed by atoms with E-state index in [1.54, 1.807) is 0 Å². The molecule has 0 spiro atoms. The Labute approximate surface area is 163 Å². The number of halogens is 3. The highest BCUT2D eigenvalue weighted by Crippen LogP contribution is 2.34. The van der Waals surface area contributed by atoms with Crippen LogP contribution < -0.4 is 4.31 Å². The van der Waals surface area contributed by atoms with Crippen molar-refractivity contribution in [2.75, 3.05) is 18.0 Å². The number of rotatable bonds is 6. The highest BCUT2D eigenvalue weighted by Gasteiger charge is 2.34. The van der Waals surface area contributed by atoms with Gasteiger partial charge in [-0.2, -0.15) is 13.2 Å². The Morgan fingerprint density at radius 1 is 1.21 bits per heavy atom. The molecule has 0 aliphatic carbocycles. The van der Waals surface area contributed by atoms with Crippen molar-refractivity contribution in [3.63, 3.8) is 0 Å². The third-order valence-electron chi connectivity index (χ3n) is 3.91. The zero-order valence-corrected chi connectivity index (χ0v) is 16.0. The monoisotopic (exact) mass is 432 g/mol. The number of esters is 1. The van der Waals surface area contributed by atoms with Gasteiger partial charge >= 0.3 is 12.1 Å². The number of sulfonamides is 1. The maximum atomic E-state index is 13.2.